The molecule has 3 N–H and O–H groups in total. The minimum absolute atomic E-state index is 0.0689. The molecule has 1 atom stereocenters. The Morgan fingerprint density at radius 1 is 1.03 bits per heavy atom. The second-order valence-electron chi connectivity index (χ2n) is 10.3. The van der Waals surface area contributed by atoms with Crippen LogP contribution in [0.1, 0.15) is 33.3 Å². The maximum Gasteiger partial charge on any atom is 0.241 e. The van der Waals surface area contributed by atoms with Gasteiger partial charge in [0, 0.05) is 42.5 Å². The standard InChI is InChI=1S/C26H36N6O3S/c1-19-17-27-25(29-21-10-8-20(9-11-21)18-32-12-14-35-15-13-32)30-24(19)28-22-6-5-7-23(16-22)36(33,34)31-26(2,3)4/h5-11,16,19,31H,12-15,17-18H2,1-4H3,(H2,27,28,29,30). The monoisotopic (exact) mass is 512 g/mol. The van der Waals surface area contributed by atoms with E-state index in [1.807, 2.05) is 45.9 Å². The number of rotatable bonds is 6. The first-order valence-electron chi connectivity index (χ1n) is 12.3. The third kappa shape index (κ3) is 7.36. The van der Waals surface area contributed by atoms with E-state index in [1.54, 1.807) is 18.2 Å². The van der Waals surface area contributed by atoms with Gasteiger partial charge in [0.1, 0.15) is 5.84 Å². The molecule has 1 unspecified atom stereocenters. The van der Waals surface area contributed by atoms with E-state index in [0.717, 1.165) is 44.4 Å². The summed E-state index contributed by atoms with van der Waals surface area (Å²) in [5.74, 6) is 1.32. The highest BCUT2D eigenvalue weighted by Crippen LogP contribution is 2.20. The first-order chi connectivity index (χ1) is 17.1. The molecule has 0 radical (unpaired) electrons. The van der Waals surface area contributed by atoms with Crippen molar-refractivity contribution in [1.82, 2.24) is 9.62 Å². The minimum Gasteiger partial charge on any atom is -0.379 e. The lowest BCUT2D eigenvalue weighted by atomic mass is 10.1. The van der Waals surface area contributed by atoms with Gasteiger partial charge in [-0.1, -0.05) is 25.1 Å². The van der Waals surface area contributed by atoms with Crippen molar-refractivity contribution in [2.45, 2.75) is 44.7 Å². The fourth-order valence-electron chi connectivity index (χ4n) is 3.98. The minimum atomic E-state index is -3.63. The zero-order valence-electron chi connectivity index (χ0n) is 21.4. The summed E-state index contributed by atoms with van der Waals surface area (Å²) in [7, 11) is -3.63. The number of amidine groups is 1. The largest absolute Gasteiger partial charge is 0.379 e. The molecule has 0 bridgehead atoms. The Hall–Kier alpha value is -2.79. The van der Waals surface area contributed by atoms with Crippen LogP contribution in [0.2, 0.25) is 0 Å². The van der Waals surface area contributed by atoms with E-state index < -0.39 is 15.6 Å². The van der Waals surface area contributed by atoms with Crippen molar-refractivity contribution in [3.8, 4) is 0 Å². The molecule has 0 aliphatic carbocycles. The Bertz CT molecular complexity index is 1210. The summed E-state index contributed by atoms with van der Waals surface area (Å²) in [4.78, 5) is 11.8. The third-order valence-electron chi connectivity index (χ3n) is 5.79. The number of ether oxygens (including phenoxy) is 1. The molecule has 2 heterocycles. The highest BCUT2D eigenvalue weighted by Gasteiger charge is 2.23. The van der Waals surface area contributed by atoms with Crippen molar-refractivity contribution in [1.29, 1.82) is 0 Å². The average Bonchev–Trinajstić information content (AvgIpc) is 2.82. The molecule has 194 valence electrons. The van der Waals surface area contributed by atoms with E-state index >= 15 is 0 Å². The van der Waals surface area contributed by atoms with Crippen LogP contribution in [0.3, 0.4) is 0 Å². The van der Waals surface area contributed by atoms with Gasteiger partial charge < -0.3 is 15.4 Å². The van der Waals surface area contributed by atoms with Gasteiger partial charge in [-0.2, -0.15) is 4.99 Å². The molecule has 2 aliphatic heterocycles. The quantitative estimate of drug-likeness (QED) is 0.547. The number of aliphatic imine (C=N–C) groups is 2. The summed E-state index contributed by atoms with van der Waals surface area (Å²) in [5.41, 5.74) is 2.26. The average molecular weight is 513 g/mol. The van der Waals surface area contributed by atoms with Crippen molar-refractivity contribution in [2.24, 2.45) is 15.9 Å². The molecule has 10 heteroatoms. The fraction of sp³-hybridized carbons (Fsp3) is 0.462. The van der Waals surface area contributed by atoms with Gasteiger partial charge in [0.2, 0.25) is 16.0 Å². The summed E-state index contributed by atoms with van der Waals surface area (Å²) < 4.78 is 33.6. The summed E-state index contributed by atoms with van der Waals surface area (Å²) in [5, 5.41) is 6.59. The van der Waals surface area contributed by atoms with E-state index in [0.29, 0.717) is 18.2 Å². The number of benzene rings is 2. The van der Waals surface area contributed by atoms with Gasteiger partial charge in [-0.05, 0) is 56.7 Å². The Labute approximate surface area is 214 Å². The van der Waals surface area contributed by atoms with Crippen molar-refractivity contribution < 1.29 is 13.2 Å². The maximum atomic E-state index is 12.7. The second-order valence-corrected chi connectivity index (χ2v) is 12.0. The number of hydrogen-bond donors (Lipinski definition) is 3. The molecule has 2 aromatic rings. The van der Waals surface area contributed by atoms with E-state index in [4.69, 9.17) is 4.74 Å². The first-order valence-corrected chi connectivity index (χ1v) is 13.8. The van der Waals surface area contributed by atoms with E-state index in [1.165, 1.54) is 5.56 Å². The van der Waals surface area contributed by atoms with Crippen LogP contribution in [-0.2, 0) is 21.3 Å². The topological polar surface area (TPSA) is 107 Å². The van der Waals surface area contributed by atoms with Crippen molar-refractivity contribution in [3.63, 3.8) is 0 Å². The van der Waals surface area contributed by atoms with Crippen LogP contribution in [0, 0.1) is 5.92 Å². The number of anilines is 2. The smallest absolute Gasteiger partial charge is 0.241 e. The fourth-order valence-corrected chi connectivity index (χ4v) is 5.44. The van der Waals surface area contributed by atoms with Gasteiger partial charge >= 0.3 is 0 Å². The lowest BCUT2D eigenvalue weighted by Gasteiger charge is -2.26. The summed E-state index contributed by atoms with van der Waals surface area (Å²) in [6.45, 7) is 12.5. The molecule has 0 saturated carbocycles. The maximum absolute atomic E-state index is 12.7. The SMILES string of the molecule is CC1CN=C(Nc2ccc(CN3CCOCC3)cc2)N=C1Nc1cccc(S(=O)(=O)NC(C)(C)C)c1. The lowest BCUT2D eigenvalue weighted by molar-refractivity contribution is 0.0342. The van der Waals surface area contributed by atoms with Gasteiger partial charge in [0.25, 0.3) is 0 Å². The van der Waals surface area contributed by atoms with Crippen LogP contribution in [0.15, 0.2) is 63.4 Å². The number of sulfonamides is 1. The molecule has 2 aromatic carbocycles. The van der Waals surface area contributed by atoms with Gasteiger partial charge in [0.15, 0.2) is 0 Å². The van der Waals surface area contributed by atoms with Crippen molar-refractivity contribution in [2.75, 3.05) is 43.5 Å². The number of hydrogen-bond acceptors (Lipinski definition) is 8. The lowest BCUT2D eigenvalue weighted by Crippen LogP contribution is -2.40. The molecule has 0 amide bonds. The van der Waals surface area contributed by atoms with Crippen LogP contribution in [-0.4, -0.2) is 63.5 Å². The normalized spacial score (nSPS) is 19.4. The molecule has 1 fully saturated rings. The van der Waals surface area contributed by atoms with Gasteiger partial charge in [-0.25, -0.2) is 13.1 Å². The predicted molar refractivity (Wildman–Crippen MR) is 145 cm³/mol. The molecule has 36 heavy (non-hydrogen) atoms. The zero-order chi connectivity index (χ0) is 25.8. The first kappa shape index (κ1) is 26.3. The van der Waals surface area contributed by atoms with Crippen molar-refractivity contribution in [3.05, 3.63) is 54.1 Å². The summed E-state index contributed by atoms with van der Waals surface area (Å²) in [6.07, 6.45) is 0. The van der Waals surface area contributed by atoms with Gasteiger partial charge in [-0.3, -0.25) is 9.89 Å². The Balaban J connectivity index is 1.41. The number of morpholine rings is 1. The molecule has 1 saturated heterocycles. The molecule has 2 aliphatic rings. The predicted octanol–water partition coefficient (Wildman–Crippen LogP) is 3.52. The van der Waals surface area contributed by atoms with Crippen molar-refractivity contribution >= 4 is 33.2 Å². The molecule has 0 spiro atoms. The molecule has 4 rings (SSSR count). The van der Waals surface area contributed by atoms with Gasteiger partial charge in [0.05, 0.1) is 24.7 Å². The Morgan fingerprint density at radius 2 is 1.75 bits per heavy atom. The van der Waals surface area contributed by atoms with Crippen LogP contribution >= 0.6 is 0 Å². The van der Waals surface area contributed by atoms with E-state index in [-0.39, 0.29) is 10.8 Å². The Morgan fingerprint density at radius 3 is 2.44 bits per heavy atom. The van der Waals surface area contributed by atoms with Crippen LogP contribution in [0.5, 0.6) is 0 Å². The van der Waals surface area contributed by atoms with Crippen LogP contribution < -0.4 is 15.4 Å². The van der Waals surface area contributed by atoms with Crippen LogP contribution in [0.4, 0.5) is 11.4 Å². The van der Waals surface area contributed by atoms with Gasteiger partial charge in [-0.15, -0.1) is 0 Å². The molecule has 0 aromatic heterocycles. The highest BCUT2D eigenvalue weighted by molar-refractivity contribution is 7.89. The molecular weight excluding hydrogens is 476 g/mol. The molecular formula is C26H36N6O3S. The number of nitrogens with one attached hydrogen (secondary N) is 3. The summed E-state index contributed by atoms with van der Waals surface area (Å²) >= 11 is 0. The zero-order valence-corrected chi connectivity index (χ0v) is 22.2. The Kier molecular flexibility index (Phi) is 8.09. The van der Waals surface area contributed by atoms with E-state index in [2.05, 4.69) is 42.4 Å². The van der Waals surface area contributed by atoms with Crippen LogP contribution in [0.25, 0.3) is 0 Å². The number of nitrogens with zero attached hydrogens (tertiary/aromatic N) is 3. The van der Waals surface area contributed by atoms with E-state index in [9.17, 15) is 8.42 Å². The second kappa shape index (κ2) is 11.1. The summed E-state index contributed by atoms with van der Waals surface area (Å²) in [6, 6.07) is 15.1. The number of guanidine groups is 1. The highest BCUT2D eigenvalue weighted by atomic mass is 32.2. The molecule has 9 nitrogen and oxygen atoms in total. The third-order valence-corrected chi connectivity index (χ3v) is 7.54.